The number of rotatable bonds is 7. The van der Waals surface area contributed by atoms with Gasteiger partial charge < -0.3 is 15.4 Å². The van der Waals surface area contributed by atoms with Gasteiger partial charge in [-0.15, -0.1) is 0 Å². The van der Waals surface area contributed by atoms with E-state index in [1.54, 1.807) is 19.2 Å². The van der Waals surface area contributed by atoms with Crippen molar-refractivity contribution >= 4 is 23.2 Å². The number of benzene rings is 2. The van der Waals surface area contributed by atoms with E-state index in [-0.39, 0.29) is 12.5 Å². The number of hydrogen-bond acceptors (Lipinski definition) is 3. The number of methoxy groups -OCH3 is 1. The Labute approximate surface area is 135 Å². The zero-order valence-corrected chi connectivity index (χ0v) is 13.2. The van der Waals surface area contributed by atoms with Crippen LogP contribution < -0.4 is 15.4 Å². The van der Waals surface area contributed by atoms with Gasteiger partial charge in [-0.05, 0) is 42.8 Å². The topological polar surface area (TPSA) is 50.4 Å². The van der Waals surface area contributed by atoms with Gasteiger partial charge in [0.25, 0.3) is 0 Å². The zero-order chi connectivity index (χ0) is 15.8. The summed E-state index contributed by atoms with van der Waals surface area (Å²) in [5, 5.41) is 6.43. The third-order valence-electron chi connectivity index (χ3n) is 3.18. The molecule has 1 amide bonds. The van der Waals surface area contributed by atoms with Gasteiger partial charge in [0.2, 0.25) is 5.91 Å². The number of hydrogen-bond donors (Lipinski definition) is 2. The van der Waals surface area contributed by atoms with Crippen molar-refractivity contribution in [2.24, 2.45) is 0 Å². The average Bonchev–Trinajstić information content (AvgIpc) is 2.54. The monoisotopic (exact) mass is 318 g/mol. The van der Waals surface area contributed by atoms with Crippen LogP contribution in [0.1, 0.15) is 5.56 Å². The van der Waals surface area contributed by atoms with Crippen molar-refractivity contribution in [3.8, 4) is 5.75 Å². The number of halogens is 1. The fourth-order valence-electron chi connectivity index (χ4n) is 1.98. The summed E-state index contributed by atoms with van der Waals surface area (Å²) >= 11 is 5.99. The molecule has 4 nitrogen and oxygen atoms in total. The van der Waals surface area contributed by atoms with E-state index in [2.05, 4.69) is 10.6 Å². The van der Waals surface area contributed by atoms with Gasteiger partial charge in [-0.2, -0.15) is 0 Å². The van der Waals surface area contributed by atoms with Crippen LogP contribution in [-0.2, 0) is 11.2 Å². The van der Waals surface area contributed by atoms with E-state index in [4.69, 9.17) is 16.3 Å². The molecule has 0 radical (unpaired) electrons. The van der Waals surface area contributed by atoms with E-state index >= 15 is 0 Å². The van der Waals surface area contributed by atoms with Crippen LogP contribution in [0.15, 0.2) is 48.5 Å². The lowest BCUT2D eigenvalue weighted by Gasteiger charge is -2.08. The molecule has 0 fully saturated rings. The molecule has 0 aromatic heterocycles. The molecule has 2 rings (SSSR count). The summed E-state index contributed by atoms with van der Waals surface area (Å²) in [5.41, 5.74) is 1.82. The molecular weight excluding hydrogens is 300 g/mol. The van der Waals surface area contributed by atoms with E-state index in [9.17, 15) is 4.79 Å². The lowest BCUT2D eigenvalue weighted by atomic mass is 10.1. The molecule has 2 aromatic rings. The van der Waals surface area contributed by atoms with Gasteiger partial charge in [0.15, 0.2) is 0 Å². The highest BCUT2D eigenvalue weighted by molar-refractivity contribution is 6.33. The average molecular weight is 319 g/mol. The highest BCUT2D eigenvalue weighted by Crippen LogP contribution is 2.19. The Morgan fingerprint density at radius 2 is 1.86 bits per heavy atom. The summed E-state index contributed by atoms with van der Waals surface area (Å²) in [7, 11) is 1.65. The summed E-state index contributed by atoms with van der Waals surface area (Å²) in [6, 6.07) is 15.1. The number of nitrogens with one attached hydrogen (secondary N) is 2. The van der Waals surface area contributed by atoms with Crippen LogP contribution in [0.5, 0.6) is 5.75 Å². The van der Waals surface area contributed by atoms with Crippen molar-refractivity contribution < 1.29 is 9.53 Å². The minimum atomic E-state index is -0.108. The number of anilines is 1. The van der Waals surface area contributed by atoms with Crippen LogP contribution in [0.4, 0.5) is 5.69 Å². The Bertz CT molecular complexity index is 614. The lowest BCUT2D eigenvalue weighted by Crippen LogP contribution is -2.29. The van der Waals surface area contributed by atoms with Crippen LogP contribution in [0, 0.1) is 0 Å². The van der Waals surface area contributed by atoms with Crippen LogP contribution in [0.3, 0.4) is 0 Å². The van der Waals surface area contributed by atoms with Gasteiger partial charge in [-0.1, -0.05) is 35.9 Å². The van der Waals surface area contributed by atoms with Crippen molar-refractivity contribution in [2.75, 3.05) is 25.5 Å². The maximum absolute atomic E-state index is 11.8. The minimum absolute atomic E-state index is 0.108. The first-order valence-electron chi connectivity index (χ1n) is 7.07. The highest BCUT2D eigenvalue weighted by atomic mass is 35.5. The maximum atomic E-state index is 11.8. The molecule has 0 aliphatic carbocycles. The molecular formula is C17H19ClN2O2. The van der Waals surface area contributed by atoms with E-state index in [1.807, 2.05) is 36.4 Å². The molecule has 5 heteroatoms. The van der Waals surface area contributed by atoms with Gasteiger partial charge in [-0.3, -0.25) is 4.79 Å². The maximum Gasteiger partial charge on any atom is 0.238 e. The molecule has 22 heavy (non-hydrogen) atoms. The number of ether oxygens (including phenoxy) is 1. The zero-order valence-electron chi connectivity index (χ0n) is 12.4. The second-order valence-corrected chi connectivity index (χ2v) is 5.21. The van der Waals surface area contributed by atoms with Crippen molar-refractivity contribution in [1.82, 2.24) is 5.32 Å². The largest absolute Gasteiger partial charge is 0.497 e. The van der Waals surface area contributed by atoms with E-state index in [1.165, 1.54) is 5.56 Å². The molecule has 116 valence electrons. The van der Waals surface area contributed by atoms with E-state index < -0.39 is 0 Å². The number of carbonyl (C=O) groups is 1. The van der Waals surface area contributed by atoms with Crippen molar-refractivity contribution in [3.05, 3.63) is 59.1 Å². The van der Waals surface area contributed by atoms with Gasteiger partial charge >= 0.3 is 0 Å². The third-order valence-corrected chi connectivity index (χ3v) is 3.51. The predicted molar refractivity (Wildman–Crippen MR) is 89.6 cm³/mol. The standard InChI is InChI=1S/C17H19ClN2O2/c1-22-14-8-6-13(7-9-14)10-11-19-12-17(21)20-16-5-3-2-4-15(16)18/h2-9,19H,10-12H2,1H3,(H,20,21). The van der Waals surface area contributed by atoms with Crippen molar-refractivity contribution in [3.63, 3.8) is 0 Å². The molecule has 0 bridgehead atoms. The minimum Gasteiger partial charge on any atom is -0.497 e. The molecule has 0 spiro atoms. The summed E-state index contributed by atoms with van der Waals surface area (Å²) < 4.78 is 5.11. The smallest absolute Gasteiger partial charge is 0.238 e. The molecule has 0 atom stereocenters. The van der Waals surface area contributed by atoms with Crippen LogP contribution >= 0.6 is 11.6 Å². The number of carbonyl (C=O) groups excluding carboxylic acids is 1. The Kier molecular flexibility index (Phi) is 6.25. The fourth-order valence-corrected chi connectivity index (χ4v) is 2.17. The van der Waals surface area contributed by atoms with Crippen LogP contribution in [0.25, 0.3) is 0 Å². The molecule has 2 aromatic carbocycles. The molecule has 0 unspecified atom stereocenters. The quantitative estimate of drug-likeness (QED) is 0.771. The van der Waals surface area contributed by atoms with Gasteiger partial charge in [0.05, 0.1) is 24.4 Å². The fraction of sp³-hybridized carbons (Fsp3) is 0.235. The first-order chi connectivity index (χ1) is 10.7. The summed E-state index contributed by atoms with van der Waals surface area (Å²) in [6.45, 7) is 0.976. The van der Waals surface area contributed by atoms with Gasteiger partial charge in [0, 0.05) is 0 Å². The molecule has 0 aliphatic rings. The van der Waals surface area contributed by atoms with Crippen molar-refractivity contribution in [2.45, 2.75) is 6.42 Å². The first kappa shape index (κ1) is 16.3. The molecule has 0 saturated heterocycles. The van der Waals surface area contributed by atoms with Crippen LogP contribution in [-0.4, -0.2) is 26.1 Å². The number of para-hydroxylation sites is 1. The molecule has 0 aliphatic heterocycles. The van der Waals surface area contributed by atoms with Crippen molar-refractivity contribution in [1.29, 1.82) is 0 Å². The Balaban J connectivity index is 1.69. The van der Waals surface area contributed by atoms with Crippen LogP contribution in [0.2, 0.25) is 5.02 Å². The van der Waals surface area contributed by atoms with E-state index in [0.717, 1.165) is 18.7 Å². The second kappa shape index (κ2) is 8.41. The van der Waals surface area contributed by atoms with E-state index in [0.29, 0.717) is 10.7 Å². The Morgan fingerprint density at radius 1 is 1.14 bits per heavy atom. The predicted octanol–water partition coefficient (Wildman–Crippen LogP) is 3.12. The summed E-state index contributed by atoms with van der Waals surface area (Å²) in [6.07, 6.45) is 0.851. The Hall–Kier alpha value is -2.04. The SMILES string of the molecule is COc1ccc(CCNCC(=O)Nc2ccccc2Cl)cc1. The molecule has 0 heterocycles. The van der Waals surface area contributed by atoms with Gasteiger partial charge in [-0.25, -0.2) is 0 Å². The summed E-state index contributed by atoms with van der Waals surface area (Å²) in [5.74, 6) is 0.735. The number of amides is 1. The summed E-state index contributed by atoms with van der Waals surface area (Å²) in [4.78, 5) is 11.8. The lowest BCUT2D eigenvalue weighted by molar-refractivity contribution is -0.115. The second-order valence-electron chi connectivity index (χ2n) is 4.80. The first-order valence-corrected chi connectivity index (χ1v) is 7.45. The highest BCUT2D eigenvalue weighted by Gasteiger charge is 2.04. The molecule has 2 N–H and O–H groups in total. The van der Waals surface area contributed by atoms with Gasteiger partial charge in [0.1, 0.15) is 5.75 Å². The molecule has 0 saturated carbocycles. The Morgan fingerprint density at radius 3 is 2.55 bits per heavy atom. The normalized spacial score (nSPS) is 10.3. The third kappa shape index (κ3) is 5.06.